The van der Waals surface area contributed by atoms with Crippen LogP contribution in [0.5, 0.6) is 0 Å². The number of rotatable bonds is 6. The van der Waals surface area contributed by atoms with Gasteiger partial charge in [0.1, 0.15) is 0 Å². The van der Waals surface area contributed by atoms with E-state index in [9.17, 15) is 14.4 Å². The third-order valence-electron chi connectivity index (χ3n) is 5.75. The van der Waals surface area contributed by atoms with Gasteiger partial charge in [-0.15, -0.1) is 11.8 Å². The fraction of sp³-hybridized carbons (Fsp3) is 0.375. The number of hydrogen-bond acceptors (Lipinski definition) is 5. The molecule has 2 aliphatic rings. The van der Waals surface area contributed by atoms with Crippen LogP contribution in [0.15, 0.2) is 59.5 Å². The SMILES string of the molecule is O=C(NCC1(Sc2ccccc2)CCOCC1)C(=O)Nc1cccc(N2CCCC2=O)c1. The summed E-state index contributed by atoms with van der Waals surface area (Å²) < 4.78 is 5.31. The highest BCUT2D eigenvalue weighted by Gasteiger charge is 2.35. The van der Waals surface area contributed by atoms with Crippen LogP contribution >= 0.6 is 11.8 Å². The molecule has 2 N–H and O–H groups in total. The maximum atomic E-state index is 12.5. The van der Waals surface area contributed by atoms with Gasteiger partial charge in [-0.3, -0.25) is 14.4 Å². The summed E-state index contributed by atoms with van der Waals surface area (Å²) in [5.41, 5.74) is 1.22. The number of hydrogen-bond donors (Lipinski definition) is 2. The summed E-state index contributed by atoms with van der Waals surface area (Å²) in [7, 11) is 0. The van der Waals surface area contributed by atoms with Crippen molar-refractivity contribution in [3.63, 3.8) is 0 Å². The van der Waals surface area contributed by atoms with Gasteiger partial charge in [0.05, 0.1) is 0 Å². The molecule has 8 heteroatoms. The number of anilines is 2. The Hall–Kier alpha value is -2.84. The zero-order valence-electron chi connectivity index (χ0n) is 17.8. The zero-order chi connectivity index (χ0) is 22.4. The van der Waals surface area contributed by atoms with Gasteiger partial charge in [-0.1, -0.05) is 24.3 Å². The molecule has 0 aromatic heterocycles. The Morgan fingerprint density at radius 3 is 2.53 bits per heavy atom. The van der Waals surface area contributed by atoms with Gasteiger partial charge in [-0.05, 0) is 49.6 Å². The van der Waals surface area contributed by atoms with Gasteiger partial charge in [0.25, 0.3) is 0 Å². The molecule has 2 aromatic carbocycles. The number of carbonyl (C=O) groups is 3. The highest BCUT2D eigenvalue weighted by molar-refractivity contribution is 8.00. The van der Waals surface area contributed by atoms with Gasteiger partial charge >= 0.3 is 11.8 Å². The lowest BCUT2D eigenvalue weighted by Gasteiger charge is -2.36. The quantitative estimate of drug-likeness (QED) is 0.656. The average molecular weight is 454 g/mol. The average Bonchev–Trinajstić information content (AvgIpc) is 3.25. The number of carbonyl (C=O) groups excluding carboxylic acids is 3. The van der Waals surface area contributed by atoms with Crippen LogP contribution in [0, 0.1) is 0 Å². The normalized spacial score (nSPS) is 17.8. The summed E-state index contributed by atoms with van der Waals surface area (Å²) in [5.74, 6) is -1.32. The van der Waals surface area contributed by atoms with E-state index in [-0.39, 0.29) is 10.7 Å². The summed E-state index contributed by atoms with van der Waals surface area (Å²) in [6.45, 7) is 2.31. The van der Waals surface area contributed by atoms with Crippen molar-refractivity contribution in [3.8, 4) is 0 Å². The Bertz CT molecular complexity index is 976. The summed E-state index contributed by atoms with van der Waals surface area (Å²) in [6, 6.07) is 17.1. The topological polar surface area (TPSA) is 87.7 Å². The van der Waals surface area contributed by atoms with E-state index >= 15 is 0 Å². The highest BCUT2D eigenvalue weighted by atomic mass is 32.2. The van der Waals surface area contributed by atoms with Gasteiger partial charge in [0.15, 0.2) is 0 Å². The van der Waals surface area contributed by atoms with E-state index in [4.69, 9.17) is 4.74 Å². The highest BCUT2D eigenvalue weighted by Crippen LogP contribution is 2.40. The number of thioether (sulfide) groups is 1. The molecule has 168 valence electrons. The van der Waals surface area contributed by atoms with E-state index in [1.54, 1.807) is 34.9 Å². The Kier molecular flexibility index (Phi) is 7.12. The van der Waals surface area contributed by atoms with Gasteiger partial charge in [0.2, 0.25) is 5.91 Å². The third-order valence-corrected chi connectivity index (χ3v) is 7.24. The minimum atomic E-state index is -0.721. The number of amides is 3. The Balaban J connectivity index is 1.36. The Labute approximate surface area is 191 Å². The predicted molar refractivity (Wildman–Crippen MR) is 125 cm³/mol. The molecule has 4 rings (SSSR count). The van der Waals surface area contributed by atoms with Crippen molar-refractivity contribution in [3.05, 3.63) is 54.6 Å². The first-order valence-electron chi connectivity index (χ1n) is 10.9. The van der Waals surface area contributed by atoms with Crippen molar-refractivity contribution in [1.29, 1.82) is 0 Å². The number of nitrogens with zero attached hydrogens (tertiary/aromatic N) is 1. The van der Waals surface area contributed by atoms with Crippen LogP contribution in [-0.4, -0.2) is 48.8 Å². The van der Waals surface area contributed by atoms with Gasteiger partial charge in [-0.25, -0.2) is 0 Å². The van der Waals surface area contributed by atoms with E-state index in [0.717, 1.165) is 29.8 Å². The molecule has 2 saturated heterocycles. The lowest BCUT2D eigenvalue weighted by Crippen LogP contribution is -2.47. The van der Waals surface area contributed by atoms with Crippen LogP contribution in [0.4, 0.5) is 11.4 Å². The molecule has 0 atom stereocenters. The fourth-order valence-electron chi connectivity index (χ4n) is 3.98. The molecule has 0 radical (unpaired) electrons. The molecule has 2 aromatic rings. The molecule has 0 unspecified atom stereocenters. The largest absolute Gasteiger partial charge is 0.381 e. The van der Waals surface area contributed by atoms with Crippen molar-refractivity contribution in [2.45, 2.75) is 35.3 Å². The molecule has 2 heterocycles. The number of ether oxygens (including phenoxy) is 1. The van der Waals surface area contributed by atoms with E-state index in [0.29, 0.717) is 38.4 Å². The predicted octanol–water partition coefficient (Wildman–Crippen LogP) is 3.21. The third kappa shape index (κ3) is 5.49. The fourth-order valence-corrected chi connectivity index (χ4v) is 5.29. The van der Waals surface area contributed by atoms with Gasteiger partial charge < -0.3 is 20.3 Å². The summed E-state index contributed by atoms with van der Waals surface area (Å²) in [4.78, 5) is 39.9. The second kappa shape index (κ2) is 10.2. The summed E-state index contributed by atoms with van der Waals surface area (Å²) in [6.07, 6.45) is 2.94. The van der Waals surface area contributed by atoms with Crippen LogP contribution in [-0.2, 0) is 19.1 Å². The zero-order valence-corrected chi connectivity index (χ0v) is 18.7. The smallest absolute Gasteiger partial charge is 0.313 e. The lowest BCUT2D eigenvalue weighted by molar-refractivity contribution is -0.136. The van der Waals surface area contributed by atoms with E-state index in [1.807, 2.05) is 24.3 Å². The molecule has 7 nitrogen and oxygen atoms in total. The van der Waals surface area contributed by atoms with Crippen LogP contribution in [0.1, 0.15) is 25.7 Å². The first kappa shape index (κ1) is 22.4. The van der Waals surface area contributed by atoms with Crippen LogP contribution in [0.3, 0.4) is 0 Å². The van der Waals surface area contributed by atoms with E-state index in [2.05, 4.69) is 22.8 Å². The number of nitrogens with one attached hydrogen (secondary N) is 2. The van der Waals surface area contributed by atoms with Crippen molar-refractivity contribution >= 4 is 40.9 Å². The molecule has 0 saturated carbocycles. The maximum Gasteiger partial charge on any atom is 0.313 e. The number of benzene rings is 2. The lowest BCUT2D eigenvalue weighted by atomic mass is 9.99. The molecule has 0 spiro atoms. The monoisotopic (exact) mass is 453 g/mol. The standard InChI is InChI=1S/C24H27N3O4S/c28-21-10-5-13-27(21)19-7-4-6-18(16-19)26-23(30)22(29)25-17-24(11-14-31-15-12-24)32-20-8-2-1-3-9-20/h1-4,6-9,16H,5,10-15,17H2,(H,25,29)(H,26,30). The van der Waals surface area contributed by atoms with Gasteiger partial charge in [-0.2, -0.15) is 0 Å². The van der Waals surface area contributed by atoms with Crippen LogP contribution < -0.4 is 15.5 Å². The van der Waals surface area contributed by atoms with Crippen LogP contribution in [0.2, 0.25) is 0 Å². The molecular formula is C24H27N3O4S. The molecule has 0 aliphatic carbocycles. The minimum absolute atomic E-state index is 0.0731. The Morgan fingerprint density at radius 2 is 1.81 bits per heavy atom. The maximum absolute atomic E-state index is 12.5. The van der Waals surface area contributed by atoms with Gasteiger partial charge in [0, 0.05) is 53.7 Å². The molecule has 0 bridgehead atoms. The minimum Gasteiger partial charge on any atom is -0.381 e. The Morgan fingerprint density at radius 1 is 1.03 bits per heavy atom. The van der Waals surface area contributed by atoms with Crippen molar-refractivity contribution in [2.24, 2.45) is 0 Å². The molecule has 3 amide bonds. The van der Waals surface area contributed by atoms with Crippen molar-refractivity contribution in [1.82, 2.24) is 5.32 Å². The van der Waals surface area contributed by atoms with Crippen molar-refractivity contribution < 1.29 is 19.1 Å². The van der Waals surface area contributed by atoms with E-state index < -0.39 is 11.8 Å². The second-order valence-electron chi connectivity index (χ2n) is 8.05. The molecule has 2 aliphatic heterocycles. The summed E-state index contributed by atoms with van der Waals surface area (Å²) in [5, 5.41) is 5.47. The van der Waals surface area contributed by atoms with E-state index in [1.165, 1.54) is 0 Å². The van der Waals surface area contributed by atoms with Crippen molar-refractivity contribution in [2.75, 3.05) is 36.5 Å². The second-order valence-corrected chi connectivity index (χ2v) is 9.59. The molecular weight excluding hydrogens is 426 g/mol. The van der Waals surface area contributed by atoms with Crippen LogP contribution in [0.25, 0.3) is 0 Å². The summed E-state index contributed by atoms with van der Waals surface area (Å²) >= 11 is 1.72. The molecule has 32 heavy (non-hydrogen) atoms. The first-order chi connectivity index (χ1) is 15.5. The molecule has 2 fully saturated rings. The first-order valence-corrected chi connectivity index (χ1v) is 11.7.